The molecule has 2 aromatic rings. The van der Waals surface area contributed by atoms with Gasteiger partial charge in [-0.15, -0.1) is 0 Å². The average molecular weight is 285 g/mol. The predicted molar refractivity (Wildman–Crippen MR) is 80.7 cm³/mol. The van der Waals surface area contributed by atoms with Gasteiger partial charge in [-0.05, 0) is 48.9 Å². The molecule has 3 rings (SSSR count). The van der Waals surface area contributed by atoms with Gasteiger partial charge in [0.05, 0.1) is 13.7 Å². The van der Waals surface area contributed by atoms with Gasteiger partial charge in [-0.3, -0.25) is 0 Å². The first-order valence-corrected chi connectivity index (χ1v) is 7.27. The van der Waals surface area contributed by atoms with Crippen molar-refractivity contribution < 1.29 is 14.3 Å². The molecule has 1 fully saturated rings. The lowest BCUT2D eigenvalue weighted by Crippen LogP contribution is -2.07. The van der Waals surface area contributed by atoms with Gasteiger partial charge in [-0.25, -0.2) is 4.79 Å². The summed E-state index contributed by atoms with van der Waals surface area (Å²) in [6.07, 6.45) is 4.15. The Hall–Kier alpha value is -2.23. The molecule has 1 heterocycles. The topological polar surface area (TPSA) is 51.3 Å². The summed E-state index contributed by atoms with van der Waals surface area (Å²) in [5.74, 6) is 0.999. The zero-order chi connectivity index (χ0) is 14.8. The summed E-state index contributed by atoms with van der Waals surface area (Å²) in [7, 11) is 1.65. The van der Waals surface area contributed by atoms with E-state index in [4.69, 9.17) is 9.47 Å². The predicted octanol–water partition coefficient (Wildman–Crippen LogP) is 3.74. The minimum Gasteiger partial charge on any atom is -0.497 e. The number of aromatic nitrogens is 1. The Labute approximate surface area is 124 Å². The fraction of sp³-hybridized carbons (Fsp3) is 0.353. The molecule has 0 radical (unpaired) electrons. The van der Waals surface area contributed by atoms with Crippen molar-refractivity contribution in [3.05, 3.63) is 41.7 Å². The second kappa shape index (κ2) is 5.64. The number of carbonyl (C=O) groups excluding carboxylic acids is 1. The molecule has 21 heavy (non-hydrogen) atoms. The second-order valence-corrected chi connectivity index (χ2v) is 5.22. The molecule has 1 aromatic carbocycles. The average Bonchev–Trinajstić information content (AvgIpc) is 3.25. The lowest BCUT2D eigenvalue weighted by atomic mass is 9.99. The molecule has 0 spiro atoms. The van der Waals surface area contributed by atoms with Crippen LogP contribution in [-0.4, -0.2) is 24.7 Å². The number of benzene rings is 1. The van der Waals surface area contributed by atoms with Gasteiger partial charge < -0.3 is 14.5 Å². The molecule has 1 aliphatic rings. The van der Waals surface area contributed by atoms with E-state index in [0.29, 0.717) is 18.2 Å². The number of H-pyrrole nitrogens is 1. The van der Waals surface area contributed by atoms with Crippen LogP contribution in [0.2, 0.25) is 0 Å². The normalized spacial score (nSPS) is 14.0. The highest BCUT2D eigenvalue weighted by molar-refractivity contribution is 5.92. The summed E-state index contributed by atoms with van der Waals surface area (Å²) in [6, 6.07) is 7.90. The number of aromatic amines is 1. The summed E-state index contributed by atoms with van der Waals surface area (Å²) >= 11 is 0. The van der Waals surface area contributed by atoms with Crippen LogP contribution in [0.25, 0.3) is 11.1 Å². The Balaban J connectivity index is 2.04. The summed E-state index contributed by atoms with van der Waals surface area (Å²) in [5.41, 5.74) is 3.81. The first-order chi connectivity index (χ1) is 10.2. The van der Waals surface area contributed by atoms with E-state index in [-0.39, 0.29) is 5.97 Å². The van der Waals surface area contributed by atoms with Crippen molar-refractivity contribution >= 4 is 5.97 Å². The van der Waals surface area contributed by atoms with Crippen LogP contribution in [0.1, 0.15) is 41.7 Å². The van der Waals surface area contributed by atoms with Crippen LogP contribution < -0.4 is 4.74 Å². The summed E-state index contributed by atoms with van der Waals surface area (Å²) in [5, 5.41) is 0. The van der Waals surface area contributed by atoms with Gasteiger partial charge in [0.25, 0.3) is 0 Å². The summed E-state index contributed by atoms with van der Waals surface area (Å²) in [6.45, 7) is 2.21. The lowest BCUT2D eigenvalue weighted by Gasteiger charge is -2.07. The fourth-order valence-electron chi connectivity index (χ4n) is 2.63. The molecule has 1 N–H and O–H groups in total. The van der Waals surface area contributed by atoms with Crippen molar-refractivity contribution in [1.29, 1.82) is 0 Å². The van der Waals surface area contributed by atoms with Crippen molar-refractivity contribution in [2.75, 3.05) is 13.7 Å². The third-order valence-electron chi connectivity index (χ3n) is 3.77. The van der Waals surface area contributed by atoms with Crippen LogP contribution in [-0.2, 0) is 4.74 Å². The number of carbonyl (C=O) groups is 1. The van der Waals surface area contributed by atoms with Crippen molar-refractivity contribution in [1.82, 2.24) is 4.98 Å². The van der Waals surface area contributed by atoms with E-state index >= 15 is 0 Å². The van der Waals surface area contributed by atoms with Gasteiger partial charge in [0.1, 0.15) is 11.4 Å². The zero-order valence-corrected chi connectivity index (χ0v) is 12.3. The largest absolute Gasteiger partial charge is 0.497 e. The summed E-state index contributed by atoms with van der Waals surface area (Å²) < 4.78 is 10.4. The minimum absolute atomic E-state index is 0.270. The van der Waals surface area contributed by atoms with Crippen LogP contribution in [0, 0.1) is 0 Å². The molecule has 0 atom stereocenters. The van der Waals surface area contributed by atoms with Gasteiger partial charge in [0.15, 0.2) is 0 Å². The van der Waals surface area contributed by atoms with E-state index in [9.17, 15) is 4.79 Å². The van der Waals surface area contributed by atoms with Gasteiger partial charge in [-0.2, -0.15) is 0 Å². The molecule has 1 saturated carbocycles. The molecule has 0 aliphatic heterocycles. The smallest absolute Gasteiger partial charge is 0.355 e. The highest BCUT2D eigenvalue weighted by atomic mass is 16.5. The number of hydrogen-bond donors (Lipinski definition) is 1. The Morgan fingerprint density at radius 1 is 1.38 bits per heavy atom. The second-order valence-electron chi connectivity index (χ2n) is 5.22. The molecular weight excluding hydrogens is 266 g/mol. The Bertz CT molecular complexity index is 656. The van der Waals surface area contributed by atoms with Crippen molar-refractivity contribution in [2.45, 2.75) is 25.7 Å². The number of esters is 1. The van der Waals surface area contributed by atoms with E-state index in [1.165, 1.54) is 0 Å². The van der Waals surface area contributed by atoms with Crippen LogP contribution in [0.15, 0.2) is 30.5 Å². The minimum atomic E-state index is -0.270. The van der Waals surface area contributed by atoms with Gasteiger partial charge in [0.2, 0.25) is 0 Å². The van der Waals surface area contributed by atoms with Crippen molar-refractivity contribution in [3.8, 4) is 16.9 Å². The number of rotatable bonds is 5. The van der Waals surface area contributed by atoms with E-state index < -0.39 is 0 Å². The number of nitrogens with one attached hydrogen (secondary N) is 1. The number of ether oxygens (including phenoxy) is 2. The van der Waals surface area contributed by atoms with Crippen molar-refractivity contribution in [3.63, 3.8) is 0 Å². The molecular formula is C17H19NO3. The highest BCUT2D eigenvalue weighted by Gasteiger charge is 2.32. The fourth-order valence-corrected chi connectivity index (χ4v) is 2.63. The maximum absolute atomic E-state index is 12.1. The molecule has 0 unspecified atom stereocenters. The monoisotopic (exact) mass is 285 g/mol. The maximum atomic E-state index is 12.1. The lowest BCUT2D eigenvalue weighted by molar-refractivity contribution is 0.0519. The molecule has 4 heteroatoms. The van der Waals surface area contributed by atoms with Crippen LogP contribution in [0.4, 0.5) is 0 Å². The Morgan fingerprint density at radius 2 is 2.19 bits per heavy atom. The Kier molecular flexibility index (Phi) is 3.69. The van der Waals surface area contributed by atoms with E-state index in [2.05, 4.69) is 4.98 Å². The standard InChI is InChI=1S/C17H19NO3/c1-3-21-17(19)16-15(11-7-8-11)14(10-18-16)12-5-4-6-13(9-12)20-2/h4-6,9-11,18H,3,7-8H2,1-2H3. The van der Waals surface area contributed by atoms with Crippen molar-refractivity contribution in [2.24, 2.45) is 0 Å². The van der Waals surface area contributed by atoms with E-state index in [0.717, 1.165) is 35.3 Å². The highest BCUT2D eigenvalue weighted by Crippen LogP contribution is 2.46. The molecule has 1 aliphatic carbocycles. The Morgan fingerprint density at radius 3 is 2.86 bits per heavy atom. The SMILES string of the molecule is CCOC(=O)c1[nH]cc(-c2cccc(OC)c2)c1C1CC1. The molecule has 0 bridgehead atoms. The van der Waals surface area contributed by atoms with Crippen LogP contribution >= 0.6 is 0 Å². The third kappa shape index (κ3) is 2.66. The molecule has 0 amide bonds. The van der Waals surface area contributed by atoms with Gasteiger partial charge >= 0.3 is 5.97 Å². The molecule has 1 aromatic heterocycles. The van der Waals surface area contributed by atoms with Crippen LogP contribution in [0.3, 0.4) is 0 Å². The maximum Gasteiger partial charge on any atom is 0.355 e. The quantitative estimate of drug-likeness (QED) is 0.851. The van der Waals surface area contributed by atoms with E-state index in [1.54, 1.807) is 7.11 Å². The first-order valence-electron chi connectivity index (χ1n) is 7.27. The molecule has 110 valence electrons. The van der Waals surface area contributed by atoms with Crippen LogP contribution in [0.5, 0.6) is 5.75 Å². The first kappa shape index (κ1) is 13.7. The zero-order valence-electron chi connectivity index (χ0n) is 12.3. The number of methoxy groups -OCH3 is 1. The van der Waals surface area contributed by atoms with E-state index in [1.807, 2.05) is 37.4 Å². The van der Waals surface area contributed by atoms with Gasteiger partial charge in [0, 0.05) is 11.8 Å². The summed E-state index contributed by atoms with van der Waals surface area (Å²) in [4.78, 5) is 15.2. The van der Waals surface area contributed by atoms with Gasteiger partial charge in [-0.1, -0.05) is 12.1 Å². The third-order valence-corrected chi connectivity index (χ3v) is 3.77. The number of hydrogen-bond acceptors (Lipinski definition) is 3. The molecule has 0 saturated heterocycles. The molecule has 4 nitrogen and oxygen atoms in total.